The summed E-state index contributed by atoms with van der Waals surface area (Å²) >= 11 is 0. The van der Waals surface area contributed by atoms with E-state index >= 15 is 0 Å². The molecular formula is C10H16N2O6. The van der Waals surface area contributed by atoms with E-state index in [2.05, 4.69) is 10.1 Å². The summed E-state index contributed by atoms with van der Waals surface area (Å²) in [5, 5.41) is 12.9. The second-order valence-corrected chi connectivity index (χ2v) is 3.93. The molecule has 8 heteroatoms. The first-order chi connectivity index (χ1) is 8.51. The van der Waals surface area contributed by atoms with Gasteiger partial charge in [0.2, 0.25) is 0 Å². The lowest BCUT2D eigenvalue weighted by atomic mass is 9.89. The van der Waals surface area contributed by atoms with Crippen LogP contribution in [0.1, 0.15) is 12.8 Å². The smallest absolute Gasteiger partial charge is 0.329 e. The second-order valence-electron chi connectivity index (χ2n) is 3.93. The Morgan fingerprint density at radius 1 is 1.28 bits per heavy atom. The first-order valence-electron chi connectivity index (χ1n) is 5.44. The van der Waals surface area contributed by atoms with Crippen LogP contribution in [0.15, 0.2) is 0 Å². The number of methoxy groups -OCH3 is 1. The average molecular weight is 260 g/mol. The standard InChI is InChI=1S/C10H16N2O6/c1-17-7-2-6(3-7)11-10(16)12-8(13)4-18-5-9(14)15/h6-7H,2-5H2,1H3,(H,14,15)(H2,11,12,13,16). The Morgan fingerprint density at radius 2 is 1.94 bits per heavy atom. The summed E-state index contributed by atoms with van der Waals surface area (Å²) in [5.74, 6) is -1.86. The number of carboxylic acids is 1. The van der Waals surface area contributed by atoms with Crippen LogP contribution in [-0.2, 0) is 19.1 Å². The fourth-order valence-corrected chi connectivity index (χ4v) is 1.49. The number of aliphatic carboxylic acids is 1. The van der Waals surface area contributed by atoms with Crippen molar-refractivity contribution in [3.8, 4) is 0 Å². The van der Waals surface area contributed by atoms with Gasteiger partial charge in [0.15, 0.2) is 0 Å². The molecular weight excluding hydrogens is 244 g/mol. The maximum absolute atomic E-state index is 11.3. The van der Waals surface area contributed by atoms with E-state index in [9.17, 15) is 14.4 Å². The summed E-state index contributed by atoms with van der Waals surface area (Å²) in [6, 6.07) is -0.610. The summed E-state index contributed by atoms with van der Waals surface area (Å²) in [6.45, 7) is -1.04. The van der Waals surface area contributed by atoms with Crippen LogP contribution in [0.5, 0.6) is 0 Å². The molecule has 0 saturated heterocycles. The van der Waals surface area contributed by atoms with Crippen LogP contribution in [0.4, 0.5) is 4.79 Å². The molecule has 0 aromatic heterocycles. The van der Waals surface area contributed by atoms with Gasteiger partial charge >= 0.3 is 12.0 Å². The second kappa shape index (κ2) is 6.92. The summed E-state index contributed by atoms with van der Waals surface area (Å²) in [7, 11) is 1.60. The molecule has 102 valence electrons. The van der Waals surface area contributed by atoms with E-state index in [0.29, 0.717) is 12.8 Å². The molecule has 3 N–H and O–H groups in total. The number of amides is 3. The normalized spacial score (nSPS) is 21.8. The van der Waals surface area contributed by atoms with Crippen LogP contribution in [0.3, 0.4) is 0 Å². The molecule has 1 saturated carbocycles. The van der Waals surface area contributed by atoms with Crippen LogP contribution < -0.4 is 10.6 Å². The Balaban J connectivity index is 2.09. The number of hydrogen-bond donors (Lipinski definition) is 3. The summed E-state index contributed by atoms with van der Waals surface area (Å²) in [5.41, 5.74) is 0. The third-order valence-corrected chi connectivity index (χ3v) is 2.48. The number of carboxylic acid groups (broad SMARTS) is 1. The van der Waals surface area contributed by atoms with Gasteiger partial charge in [-0.15, -0.1) is 0 Å². The Bertz CT molecular complexity index is 326. The Kier molecular flexibility index (Phi) is 5.53. The lowest BCUT2D eigenvalue weighted by Gasteiger charge is -2.34. The van der Waals surface area contributed by atoms with Gasteiger partial charge < -0.3 is 19.9 Å². The maximum Gasteiger partial charge on any atom is 0.329 e. The van der Waals surface area contributed by atoms with Gasteiger partial charge in [-0.2, -0.15) is 0 Å². The van der Waals surface area contributed by atoms with Crippen LogP contribution in [0.2, 0.25) is 0 Å². The van der Waals surface area contributed by atoms with Gasteiger partial charge in [-0.3, -0.25) is 10.1 Å². The zero-order chi connectivity index (χ0) is 13.5. The molecule has 0 radical (unpaired) electrons. The van der Waals surface area contributed by atoms with Crippen molar-refractivity contribution in [3.63, 3.8) is 0 Å². The molecule has 8 nitrogen and oxygen atoms in total. The highest BCUT2D eigenvalue weighted by atomic mass is 16.5. The van der Waals surface area contributed by atoms with Gasteiger partial charge in [-0.25, -0.2) is 9.59 Å². The van der Waals surface area contributed by atoms with Crippen molar-refractivity contribution in [1.82, 2.24) is 10.6 Å². The Labute approximate surface area is 104 Å². The first kappa shape index (κ1) is 14.4. The van der Waals surface area contributed by atoms with Gasteiger partial charge in [-0.05, 0) is 12.8 Å². The fourth-order valence-electron chi connectivity index (χ4n) is 1.49. The van der Waals surface area contributed by atoms with E-state index in [1.165, 1.54) is 0 Å². The predicted octanol–water partition coefficient (Wildman–Crippen LogP) is -0.909. The number of carbonyl (C=O) groups is 3. The van der Waals surface area contributed by atoms with E-state index in [-0.39, 0.29) is 12.1 Å². The van der Waals surface area contributed by atoms with Crippen LogP contribution in [0, 0.1) is 0 Å². The molecule has 1 rings (SSSR count). The molecule has 0 heterocycles. The van der Waals surface area contributed by atoms with E-state index in [1.807, 2.05) is 5.32 Å². The number of urea groups is 1. The zero-order valence-corrected chi connectivity index (χ0v) is 9.97. The number of ether oxygens (including phenoxy) is 2. The lowest BCUT2D eigenvalue weighted by Crippen LogP contribution is -2.52. The minimum atomic E-state index is -1.17. The van der Waals surface area contributed by atoms with Crippen LogP contribution >= 0.6 is 0 Å². The highest BCUT2D eigenvalue weighted by Gasteiger charge is 2.30. The quantitative estimate of drug-likeness (QED) is 0.569. The summed E-state index contributed by atoms with van der Waals surface area (Å²) in [4.78, 5) is 32.5. The fraction of sp³-hybridized carbons (Fsp3) is 0.700. The SMILES string of the molecule is COC1CC(NC(=O)NC(=O)COCC(=O)O)C1. The molecule has 1 aliphatic carbocycles. The maximum atomic E-state index is 11.3. The monoisotopic (exact) mass is 260 g/mol. The number of imide groups is 1. The summed E-state index contributed by atoms with van der Waals surface area (Å²) < 4.78 is 9.57. The third kappa shape index (κ3) is 5.11. The highest BCUT2D eigenvalue weighted by Crippen LogP contribution is 2.22. The van der Waals surface area contributed by atoms with Gasteiger partial charge in [0.25, 0.3) is 5.91 Å². The van der Waals surface area contributed by atoms with Crippen LogP contribution in [-0.4, -0.2) is 55.5 Å². The first-order valence-corrected chi connectivity index (χ1v) is 5.44. The molecule has 18 heavy (non-hydrogen) atoms. The van der Waals surface area contributed by atoms with Crippen LogP contribution in [0.25, 0.3) is 0 Å². The molecule has 0 atom stereocenters. The molecule has 1 aliphatic rings. The van der Waals surface area contributed by atoms with Crippen molar-refractivity contribution in [2.24, 2.45) is 0 Å². The largest absolute Gasteiger partial charge is 0.480 e. The van der Waals surface area contributed by atoms with Gasteiger partial charge in [0, 0.05) is 13.2 Å². The van der Waals surface area contributed by atoms with E-state index < -0.39 is 31.1 Å². The molecule has 0 spiro atoms. The molecule has 1 fully saturated rings. The van der Waals surface area contributed by atoms with E-state index in [0.717, 1.165) is 0 Å². The molecule has 3 amide bonds. The van der Waals surface area contributed by atoms with Crippen molar-refractivity contribution < 1.29 is 29.0 Å². The zero-order valence-electron chi connectivity index (χ0n) is 9.97. The van der Waals surface area contributed by atoms with Gasteiger partial charge in [0.1, 0.15) is 13.2 Å². The number of nitrogens with one attached hydrogen (secondary N) is 2. The molecule has 0 bridgehead atoms. The average Bonchev–Trinajstić information content (AvgIpc) is 2.22. The predicted molar refractivity (Wildman–Crippen MR) is 58.9 cm³/mol. The van der Waals surface area contributed by atoms with Crippen molar-refractivity contribution in [2.45, 2.75) is 25.0 Å². The highest BCUT2D eigenvalue weighted by molar-refractivity contribution is 5.95. The van der Waals surface area contributed by atoms with Crippen molar-refractivity contribution in [3.05, 3.63) is 0 Å². The number of hydrogen-bond acceptors (Lipinski definition) is 5. The Morgan fingerprint density at radius 3 is 2.50 bits per heavy atom. The minimum absolute atomic E-state index is 0.00249. The number of rotatable bonds is 6. The van der Waals surface area contributed by atoms with Crippen molar-refractivity contribution >= 4 is 17.9 Å². The van der Waals surface area contributed by atoms with Crippen molar-refractivity contribution in [2.75, 3.05) is 20.3 Å². The van der Waals surface area contributed by atoms with E-state index in [1.54, 1.807) is 7.11 Å². The van der Waals surface area contributed by atoms with Gasteiger partial charge in [-0.1, -0.05) is 0 Å². The van der Waals surface area contributed by atoms with Gasteiger partial charge in [0.05, 0.1) is 6.10 Å². The Hall–Kier alpha value is -1.67. The van der Waals surface area contributed by atoms with Crippen molar-refractivity contribution in [1.29, 1.82) is 0 Å². The molecule has 0 unspecified atom stereocenters. The number of carbonyl (C=O) groups excluding carboxylic acids is 2. The molecule has 0 aromatic rings. The molecule has 0 aromatic carbocycles. The topological polar surface area (TPSA) is 114 Å². The third-order valence-electron chi connectivity index (χ3n) is 2.48. The molecule has 0 aliphatic heterocycles. The lowest BCUT2D eigenvalue weighted by molar-refractivity contribution is -0.143. The van der Waals surface area contributed by atoms with E-state index in [4.69, 9.17) is 9.84 Å². The minimum Gasteiger partial charge on any atom is -0.480 e. The summed E-state index contributed by atoms with van der Waals surface area (Å²) in [6.07, 6.45) is 1.59.